The Hall–Kier alpha value is -0.830. The third-order valence-electron chi connectivity index (χ3n) is 2.14. The fourth-order valence-electron chi connectivity index (χ4n) is 1.27. The minimum atomic E-state index is -0.467. The summed E-state index contributed by atoms with van der Waals surface area (Å²) < 4.78 is 1.70. The Balaban J connectivity index is 2.09. The number of non-ortho nitro benzene ring substituents is 1. The van der Waals surface area contributed by atoms with Crippen molar-refractivity contribution in [3.63, 3.8) is 0 Å². The molecule has 1 aromatic carbocycles. The van der Waals surface area contributed by atoms with Gasteiger partial charge in [0.15, 0.2) is 8.68 Å². The Labute approximate surface area is 133 Å². The molecule has 2 rings (SSSR count). The fourth-order valence-corrected chi connectivity index (χ4v) is 4.46. The molecule has 9 heteroatoms. The predicted molar refractivity (Wildman–Crippen MR) is 83.2 cm³/mol. The molecule has 2 aromatic rings. The molecule has 0 saturated heterocycles. The molecule has 0 aliphatic heterocycles. The molecular weight excluding hydrogens is 338 g/mol. The smallest absolute Gasteiger partial charge is 0.258 e. The van der Waals surface area contributed by atoms with Gasteiger partial charge in [-0.05, 0) is 12.5 Å². The molecule has 0 N–H and O–H groups in total. The molecular formula is C11H10ClN3O2S3. The largest absolute Gasteiger partial charge is 0.270 e. The molecule has 0 bridgehead atoms. The van der Waals surface area contributed by atoms with Crippen molar-refractivity contribution in [1.29, 1.82) is 0 Å². The van der Waals surface area contributed by atoms with Gasteiger partial charge in [-0.25, -0.2) is 0 Å². The van der Waals surface area contributed by atoms with Crippen LogP contribution in [0.15, 0.2) is 31.8 Å². The summed E-state index contributed by atoms with van der Waals surface area (Å²) in [6.07, 6.45) is 1.08. The average Bonchev–Trinajstić information content (AvgIpc) is 2.86. The van der Waals surface area contributed by atoms with Crippen molar-refractivity contribution >= 4 is 52.1 Å². The van der Waals surface area contributed by atoms with E-state index in [0.29, 0.717) is 5.02 Å². The zero-order valence-corrected chi connectivity index (χ0v) is 13.6. The van der Waals surface area contributed by atoms with E-state index in [1.54, 1.807) is 17.8 Å². The van der Waals surface area contributed by atoms with Crippen molar-refractivity contribution in [1.82, 2.24) is 10.2 Å². The molecule has 0 spiro atoms. The van der Waals surface area contributed by atoms with E-state index in [-0.39, 0.29) is 5.69 Å². The topological polar surface area (TPSA) is 68.9 Å². The predicted octanol–water partition coefficient (Wildman–Crippen LogP) is 4.75. The lowest BCUT2D eigenvalue weighted by molar-refractivity contribution is -0.384. The van der Waals surface area contributed by atoms with E-state index in [4.69, 9.17) is 11.6 Å². The van der Waals surface area contributed by atoms with Gasteiger partial charge in [-0.1, -0.05) is 53.4 Å². The highest BCUT2D eigenvalue weighted by Gasteiger charge is 2.12. The van der Waals surface area contributed by atoms with Crippen LogP contribution in [0.25, 0.3) is 0 Å². The number of hydrogen-bond acceptors (Lipinski definition) is 7. The molecule has 0 amide bonds. The van der Waals surface area contributed by atoms with Crippen LogP contribution in [-0.4, -0.2) is 20.9 Å². The number of nitro benzene ring substituents is 1. The first kappa shape index (κ1) is 15.6. The quantitative estimate of drug-likeness (QED) is 0.426. The number of nitro groups is 1. The first-order valence-electron chi connectivity index (χ1n) is 5.68. The molecule has 5 nitrogen and oxygen atoms in total. The van der Waals surface area contributed by atoms with Crippen LogP contribution in [0.1, 0.15) is 13.3 Å². The standard InChI is InChI=1S/C11H10ClN3O2S3/c1-2-5-18-10-13-14-11(20-10)19-9-4-3-7(15(16)17)6-8(9)12/h3-4,6H,2,5H2,1H3. The molecule has 0 fully saturated rings. The van der Waals surface area contributed by atoms with Crippen molar-refractivity contribution in [3.05, 3.63) is 33.3 Å². The van der Waals surface area contributed by atoms with Gasteiger partial charge in [0.05, 0.1) is 9.95 Å². The fraction of sp³-hybridized carbons (Fsp3) is 0.273. The molecule has 0 aliphatic carbocycles. The molecule has 0 unspecified atom stereocenters. The normalized spacial score (nSPS) is 10.7. The second kappa shape index (κ2) is 7.26. The van der Waals surface area contributed by atoms with Crippen molar-refractivity contribution in [2.24, 2.45) is 0 Å². The van der Waals surface area contributed by atoms with Gasteiger partial charge in [0, 0.05) is 22.8 Å². The van der Waals surface area contributed by atoms with Gasteiger partial charge in [-0.2, -0.15) is 0 Å². The SMILES string of the molecule is CCCSc1nnc(Sc2ccc([N+](=O)[O-])cc2Cl)s1. The number of hydrogen-bond donors (Lipinski definition) is 0. The third-order valence-corrected chi connectivity index (χ3v) is 5.96. The summed E-state index contributed by atoms with van der Waals surface area (Å²) in [5, 5.41) is 19.2. The van der Waals surface area contributed by atoms with E-state index in [2.05, 4.69) is 17.1 Å². The number of nitrogens with zero attached hydrogens (tertiary/aromatic N) is 3. The molecule has 1 heterocycles. The monoisotopic (exact) mass is 347 g/mol. The van der Waals surface area contributed by atoms with Crippen LogP contribution in [0.4, 0.5) is 5.69 Å². The number of thioether (sulfide) groups is 1. The van der Waals surface area contributed by atoms with Crippen LogP contribution in [0.5, 0.6) is 0 Å². The number of rotatable bonds is 6. The summed E-state index contributed by atoms with van der Waals surface area (Å²) in [7, 11) is 0. The van der Waals surface area contributed by atoms with Crippen LogP contribution in [0, 0.1) is 10.1 Å². The molecule has 0 aliphatic rings. The highest BCUT2D eigenvalue weighted by Crippen LogP contribution is 2.38. The highest BCUT2D eigenvalue weighted by atomic mass is 35.5. The van der Waals surface area contributed by atoms with Gasteiger partial charge in [-0.15, -0.1) is 10.2 Å². The Bertz CT molecular complexity index is 621. The van der Waals surface area contributed by atoms with E-state index in [9.17, 15) is 10.1 Å². The van der Waals surface area contributed by atoms with E-state index in [0.717, 1.165) is 25.7 Å². The Morgan fingerprint density at radius 3 is 2.80 bits per heavy atom. The van der Waals surface area contributed by atoms with Gasteiger partial charge in [0.25, 0.3) is 5.69 Å². The molecule has 20 heavy (non-hydrogen) atoms. The summed E-state index contributed by atoms with van der Waals surface area (Å²) in [5.41, 5.74) is -0.0178. The van der Waals surface area contributed by atoms with Crippen LogP contribution < -0.4 is 0 Å². The Morgan fingerprint density at radius 1 is 1.40 bits per heavy atom. The van der Waals surface area contributed by atoms with Crippen LogP contribution in [0.3, 0.4) is 0 Å². The lowest BCUT2D eigenvalue weighted by Crippen LogP contribution is -1.87. The number of benzene rings is 1. The van der Waals surface area contributed by atoms with Gasteiger partial charge >= 0.3 is 0 Å². The lowest BCUT2D eigenvalue weighted by Gasteiger charge is -2.00. The second-order valence-electron chi connectivity index (χ2n) is 3.66. The highest BCUT2D eigenvalue weighted by molar-refractivity contribution is 8.03. The molecule has 0 saturated carbocycles. The van der Waals surface area contributed by atoms with Crippen LogP contribution in [-0.2, 0) is 0 Å². The molecule has 0 radical (unpaired) electrons. The maximum atomic E-state index is 10.6. The molecule has 106 valence electrons. The summed E-state index contributed by atoms with van der Waals surface area (Å²) >= 11 is 10.6. The van der Waals surface area contributed by atoms with E-state index < -0.39 is 4.92 Å². The Kier molecular flexibility index (Phi) is 5.64. The van der Waals surface area contributed by atoms with Gasteiger partial charge in [0.1, 0.15) is 0 Å². The second-order valence-corrected chi connectivity index (χ2v) is 7.67. The first-order valence-corrected chi connectivity index (χ1v) is 8.68. The summed E-state index contributed by atoms with van der Waals surface area (Å²) in [6.45, 7) is 2.11. The zero-order chi connectivity index (χ0) is 14.5. The Morgan fingerprint density at radius 2 is 2.15 bits per heavy atom. The van der Waals surface area contributed by atoms with Crippen molar-refractivity contribution in [2.45, 2.75) is 26.9 Å². The average molecular weight is 348 g/mol. The number of aromatic nitrogens is 2. The van der Waals surface area contributed by atoms with Crippen LogP contribution >= 0.6 is 46.5 Å². The molecule has 0 atom stereocenters. The van der Waals surface area contributed by atoms with E-state index in [1.807, 2.05) is 0 Å². The summed E-state index contributed by atoms with van der Waals surface area (Å²) in [5.74, 6) is 1.01. The first-order chi connectivity index (χ1) is 9.60. The summed E-state index contributed by atoms with van der Waals surface area (Å²) in [4.78, 5) is 10.9. The van der Waals surface area contributed by atoms with Crippen molar-refractivity contribution in [3.8, 4) is 0 Å². The zero-order valence-electron chi connectivity index (χ0n) is 10.4. The van der Waals surface area contributed by atoms with Crippen molar-refractivity contribution < 1.29 is 4.92 Å². The minimum absolute atomic E-state index is 0.0178. The van der Waals surface area contributed by atoms with Crippen molar-refractivity contribution in [2.75, 3.05) is 5.75 Å². The van der Waals surface area contributed by atoms with E-state index in [1.165, 1.54) is 35.2 Å². The third kappa shape index (κ3) is 4.08. The summed E-state index contributed by atoms with van der Waals surface area (Å²) in [6, 6.07) is 4.41. The maximum absolute atomic E-state index is 10.6. The van der Waals surface area contributed by atoms with Crippen LogP contribution in [0.2, 0.25) is 5.02 Å². The van der Waals surface area contributed by atoms with E-state index >= 15 is 0 Å². The molecule has 1 aromatic heterocycles. The minimum Gasteiger partial charge on any atom is -0.258 e. The van der Waals surface area contributed by atoms with Gasteiger partial charge < -0.3 is 0 Å². The van der Waals surface area contributed by atoms with Gasteiger partial charge in [-0.3, -0.25) is 10.1 Å². The van der Waals surface area contributed by atoms with Gasteiger partial charge in [0.2, 0.25) is 0 Å². The maximum Gasteiger partial charge on any atom is 0.270 e. The lowest BCUT2D eigenvalue weighted by atomic mass is 10.3. The number of halogens is 1.